The van der Waals surface area contributed by atoms with Crippen molar-refractivity contribution < 1.29 is 9.53 Å². The maximum Gasteiger partial charge on any atom is 0.251 e. The first-order chi connectivity index (χ1) is 9.69. The highest BCUT2D eigenvalue weighted by Gasteiger charge is 2.05. The fourth-order valence-electron chi connectivity index (χ4n) is 1.90. The van der Waals surface area contributed by atoms with Gasteiger partial charge in [0.2, 0.25) is 0 Å². The molecule has 0 aliphatic rings. The molecule has 20 heavy (non-hydrogen) atoms. The third kappa shape index (κ3) is 3.85. The number of hydrogen-bond acceptors (Lipinski definition) is 3. The first-order valence-electron chi connectivity index (χ1n) is 6.60. The molecule has 1 aromatic heterocycles. The van der Waals surface area contributed by atoms with Crippen LogP contribution in [0.3, 0.4) is 0 Å². The van der Waals surface area contributed by atoms with E-state index in [0.717, 1.165) is 18.5 Å². The first-order valence-corrected chi connectivity index (χ1v) is 6.60. The molecule has 1 amide bonds. The van der Waals surface area contributed by atoms with Gasteiger partial charge in [0.25, 0.3) is 5.91 Å². The number of aromatic nitrogens is 2. The minimum Gasteiger partial charge on any atom is -0.497 e. The van der Waals surface area contributed by atoms with Gasteiger partial charge in [-0.3, -0.25) is 9.48 Å². The molecule has 0 bridgehead atoms. The van der Waals surface area contributed by atoms with Crippen LogP contribution in [0.1, 0.15) is 22.3 Å². The van der Waals surface area contributed by atoms with Gasteiger partial charge in [-0.25, -0.2) is 0 Å². The Morgan fingerprint density at radius 3 is 3.00 bits per heavy atom. The Morgan fingerprint density at radius 1 is 1.45 bits per heavy atom. The number of nitrogens with zero attached hydrogens (tertiary/aromatic N) is 2. The summed E-state index contributed by atoms with van der Waals surface area (Å²) in [6, 6.07) is 7.12. The maximum absolute atomic E-state index is 11.9. The van der Waals surface area contributed by atoms with Gasteiger partial charge in [-0.2, -0.15) is 5.10 Å². The van der Waals surface area contributed by atoms with E-state index in [9.17, 15) is 4.79 Å². The van der Waals surface area contributed by atoms with Gasteiger partial charge in [-0.15, -0.1) is 0 Å². The minimum atomic E-state index is -0.0828. The van der Waals surface area contributed by atoms with Crippen LogP contribution in [-0.2, 0) is 6.54 Å². The van der Waals surface area contributed by atoms with E-state index >= 15 is 0 Å². The standard InChI is InChI=1S/C15H19N3O2/c1-12-10-17-18(11-12)8-4-7-16-15(19)13-5-3-6-14(9-13)20-2/h3,5-6,9-11H,4,7-8H2,1-2H3,(H,16,19). The number of hydrogen-bond donors (Lipinski definition) is 1. The first kappa shape index (κ1) is 14.1. The Balaban J connectivity index is 1.77. The van der Waals surface area contributed by atoms with E-state index in [4.69, 9.17) is 4.74 Å². The molecule has 0 fully saturated rings. The van der Waals surface area contributed by atoms with Crippen molar-refractivity contribution in [2.75, 3.05) is 13.7 Å². The highest BCUT2D eigenvalue weighted by atomic mass is 16.5. The molecular formula is C15H19N3O2. The molecular weight excluding hydrogens is 254 g/mol. The lowest BCUT2D eigenvalue weighted by atomic mass is 10.2. The summed E-state index contributed by atoms with van der Waals surface area (Å²) in [5.74, 6) is 0.602. The van der Waals surface area contributed by atoms with E-state index in [2.05, 4.69) is 10.4 Å². The van der Waals surface area contributed by atoms with E-state index in [1.54, 1.807) is 25.3 Å². The summed E-state index contributed by atoms with van der Waals surface area (Å²) in [4.78, 5) is 11.9. The molecule has 1 aromatic carbocycles. The maximum atomic E-state index is 11.9. The van der Waals surface area contributed by atoms with Gasteiger partial charge in [-0.05, 0) is 37.1 Å². The van der Waals surface area contributed by atoms with Crippen LogP contribution in [0.2, 0.25) is 0 Å². The summed E-state index contributed by atoms with van der Waals surface area (Å²) in [5.41, 5.74) is 1.75. The van der Waals surface area contributed by atoms with Gasteiger partial charge < -0.3 is 10.1 Å². The second-order valence-corrected chi connectivity index (χ2v) is 4.62. The van der Waals surface area contributed by atoms with Crippen LogP contribution >= 0.6 is 0 Å². The molecule has 0 radical (unpaired) electrons. The molecule has 0 saturated carbocycles. The molecule has 5 nitrogen and oxygen atoms in total. The Bertz CT molecular complexity index is 578. The van der Waals surface area contributed by atoms with E-state index < -0.39 is 0 Å². The summed E-state index contributed by atoms with van der Waals surface area (Å²) in [6.45, 7) is 3.43. The third-order valence-electron chi connectivity index (χ3n) is 2.94. The predicted molar refractivity (Wildman–Crippen MR) is 76.9 cm³/mol. The van der Waals surface area contributed by atoms with Gasteiger partial charge >= 0.3 is 0 Å². The quantitative estimate of drug-likeness (QED) is 0.819. The van der Waals surface area contributed by atoms with Crippen molar-refractivity contribution in [2.45, 2.75) is 19.9 Å². The summed E-state index contributed by atoms with van der Waals surface area (Å²) in [6.07, 6.45) is 4.66. The second-order valence-electron chi connectivity index (χ2n) is 4.62. The summed E-state index contributed by atoms with van der Waals surface area (Å²) >= 11 is 0. The van der Waals surface area contributed by atoms with E-state index in [1.165, 1.54) is 0 Å². The molecule has 0 aliphatic heterocycles. The number of carbonyl (C=O) groups excluding carboxylic acids is 1. The average Bonchev–Trinajstić information content (AvgIpc) is 2.89. The van der Waals surface area contributed by atoms with E-state index in [-0.39, 0.29) is 5.91 Å². The lowest BCUT2D eigenvalue weighted by molar-refractivity contribution is 0.0952. The van der Waals surface area contributed by atoms with Crippen molar-refractivity contribution >= 4 is 5.91 Å². The average molecular weight is 273 g/mol. The molecule has 0 saturated heterocycles. The largest absolute Gasteiger partial charge is 0.497 e. The van der Waals surface area contributed by atoms with Crippen molar-refractivity contribution in [3.05, 3.63) is 47.8 Å². The second kappa shape index (κ2) is 6.75. The summed E-state index contributed by atoms with van der Waals surface area (Å²) in [7, 11) is 1.59. The number of benzene rings is 1. The van der Waals surface area contributed by atoms with Crippen LogP contribution in [0, 0.1) is 6.92 Å². The fourth-order valence-corrected chi connectivity index (χ4v) is 1.90. The number of carbonyl (C=O) groups is 1. The lowest BCUT2D eigenvalue weighted by Gasteiger charge is -2.06. The SMILES string of the molecule is COc1cccc(C(=O)NCCCn2cc(C)cn2)c1. The molecule has 1 N–H and O–H groups in total. The Labute approximate surface area is 118 Å². The van der Waals surface area contributed by atoms with Crippen LogP contribution in [0.15, 0.2) is 36.7 Å². The molecule has 2 rings (SSSR count). The van der Waals surface area contributed by atoms with Crippen molar-refractivity contribution in [3.63, 3.8) is 0 Å². The van der Waals surface area contributed by atoms with Gasteiger partial charge in [0.05, 0.1) is 13.3 Å². The van der Waals surface area contributed by atoms with Crippen molar-refractivity contribution in [1.29, 1.82) is 0 Å². The third-order valence-corrected chi connectivity index (χ3v) is 2.94. The number of rotatable bonds is 6. The van der Waals surface area contributed by atoms with Gasteiger partial charge in [0.15, 0.2) is 0 Å². The molecule has 5 heteroatoms. The van der Waals surface area contributed by atoms with Gasteiger partial charge in [0, 0.05) is 24.8 Å². The fraction of sp³-hybridized carbons (Fsp3) is 0.333. The number of nitrogens with one attached hydrogen (secondary N) is 1. The zero-order chi connectivity index (χ0) is 14.4. The molecule has 0 spiro atoms. The number of aryl methyl sites for hydroxylation is 2. The summed E-state index contributed by atoms with van der Waals surface area (Å²) in [5, 5.41) is 7.09. The number of ether oxygens (including phenoxy) is 1. The number of methoxy groups -OCH3 is 1. The molecule has 0 unspecified atom stereocenters. The molecule has 106 valence electrons. The Morgan fingerprint density at radius 2 is 2.30 bits per heavy atom. The van der Waals surface area contributed by atoms with Gasteiger partial charge in [0.1, 0.15) is 5.75 Å². The highest BCUT2D eigenvalue weighted by Crippen LogP contribution is 2.12. The Kier molecular flexibility index (Phi) is 4.76. The molecule has 2 aromatic rings. The van der Waals surface area contributed by atoms with Gasteiger partial charge in [-0.1, -0.05) is 6.07 Å². The van der Waals surface area contributed by atoms with Crippen LogP contribution in [0.5, 0.6) is 5.75 Å². The zero-order valence-electron chi connectivity index (χ0n) is 11.8. The van der Waals surface area contributed by atoms with Crippen LogP contribution in [0.4, 0.5) is 0 Å². The molecule has 0 aliphatic carbocycles. The van der Waals surface area contributed by atoms with Crippen LogP contribution in [0.25, 0.3) is 0 Å². The van der Waals surface area contributed by atoms with Crippen molar-refractivity contribution in [3.8, 4) is 5.75 Å². The van der Waals surface area contributed by atoms with Crippen LogP contribution in [-0.4, -0.2) is 29.3 Å². The zero-order valence-corrected chi connectivity index (χ0v) is 11.8. The predicted octanol–water partition coefficient (Wildman–Crippen LogP) is 2.02. The number of amides is 1. The Hall–Kier alpha value is -2.30. The summed E-state index contributed by atoms with van der Waals surface area (Å²) < 4.78 is 6.98. The monoisotopic (exact) mass is 273 g/mol. The highest BCUT2D eigenvalue weighted by molar-refractivity contribution is 5.94. The van der Waals surface area contributed by atoms with Crippen molar-refractivity contribution in [2.24, 2.45) is 0 Å². The topological polar surface area (TPSA) is 56.1 Å². The van der Waals surface area contributed by atoms with E-state index in [0.29, 0.717) is 17.9 Å². The smallest absolute Gasteiger partial charge is 0.251 e. The normalized spacial score (nSPS) is 10.3. The van der Waals surface area contributed by atoms with Crippen LogP contribution < -0.4 is 10.1 Å². The molecule has 0 atom stereocenters. The minimum absolute atomic E-state index is 0.0828. The van der Waals surface area contributed by atoms with E-state index in [1.807, 2.05) is 30.1 Å². The lowest BCUT2D eigenvalue weighted by Crippen LogP contribution is -2.25. The van der Waals surface area contributed by atoms with Crippen molar-refractivity contribution in [1.82, 2.24) is 15.1 Å². The molecule has 1 heterocycles.